The standard InChI is InChI=1S/C14H26N4O2/c1-2-11-5-7-14(8-6-11,12(15)17-20)16-13(19)18-9-3-4-10-18/h11,20H,2-10H2,1H3,(H2,15,17)(H,16,19). The molecule has 0 unspecified atom stereocenters. The molecule has 2 amide bonds. The molecular formula is C14H26N4O2. The van der Waals surface area contributed by atoms with Gasteiger partial charge in [-0.25, -0.2) is 4.79 Å². The summed E-state index contributed by atoms with van der Waals surface area (Å²) in [4.78, 5) is 14.1. The van der Waals surface area contributed by atoms with Crippen LogP contribution in [-0.4, -0.2) is 40.6 Å². The average Bonchev–Trinajstić information content (AvgIpc) is 3.01. The third kappa shape index (κ3) is 2.99. The number of hydrogen-bond acceptors (Lipinski definition) is 3. The monoisotopic (exact) mass is 282 g/mol. The number of amides is 2. The second kappa shape index (κ2) is 6.33. The molecule has 4 N–H and O–H groups in total. The van der Waals surface area contributed by atoms with E-state index in [4.69, 9.17) is 10.9 Å². The summed E-state index contributed by atoms with van der Waals surface area (Å²) < 4.78 is 0. The van der Waals surface area contributed by atoms with Gasteiger partial charge in [0.1, 0.15) is 5.54 Å². The van der Waals surface area contributed by atoms with Gasteiger partial charge in [0.25, 0.3) is 0 Å². The minimum Gasteiger partial charge on any atom is -0.409 e. The van der Waals surface area contributed by atoms with Crippen LogP contribution in [-0.2, 0) is 0 Å². The predicted octanol–water partition coefficient (Wildman–Crippen LogP) is 1.88. The number of carbonyl (C=O) groups excluding carboxylic acids is 1. The van der Waals surface area contributed by atoms with Gasteiger partial charge in [0.05, 0.1) is 0 Å². The Bertz CT molecular complexity index is 369. The highest BCUT2D eigenvalue weighted by Crippen LogP contribution is 2.34. The fraction of sp³-hybridized carbons (Fsp3) is 0.857. The van der Waals surface area contributed by atoms with Gasteiger partial charge in [-0.05, 0) is 44.4 Å². The fourth-order valence-electron chi connectivity index (χ4n) is 3.32. The lowest BCUT2D eigenvalue weighted by Gasteiger charge is -2.40. The number of oxime groups is 1. The molecule has 6 nitrogen and oxygen atoms in total. The van der Waals surface area contributed by atoms with Crippen LogP contribution in [0.1, 0.15) is 51.9 Å². The van der Waals surface area contributed by atoms with Gasteiger partial charge in [-0.3, -0.25) is 0 Å². The van der Waals surface area contributed by atoms with Gasteiger partial charge in [0, 0.05) is 13.1 Å². The summed E-state index contributed by atoms with van der Waals surface area (Å²) in [5, 5.41) is 15.3. The van der Waals surface area contributed by atoms with Crippen molar-refractivity contribution in [3.8, 4) is 0 Å². The first-order valence-corrected chi connectivity index (χ1v) is 7.66. The minimum atomic E-state index is -0.667. The van der Waals surface area contributed by atoms with E-state index in [1.807, 2.05) is 4.90 Å². The lowest BCUT2D eigenvalue weighted by molar-refractivity contribution is 0.182. The number of carbonyl (C=O) groups is 1. The first-order valence-electron chi connectivity index (χ1n) is 7.66. The molecule has 0 radical (unpaired) electrons. The molecule has 0 bridgehead atoms. The Morgan fingerprint density at radius 3 is 2.50 bits per heavy atom. The van der Waals surface area contributed by atoms with Crippen LogP contribution in [0.4, 0.5) is 4.79 Å². The van der Waals surface area contributed by atoms with Gasteiger partial charge in [0.15, 0.2) is 5.84 Å². The van der Waals surface area contributed by atoms with Crippen LogP contribution in [0.2, 0.25) is 0 Å². The van der Waals surface area contributed by atoms with Gasteiger partial charge in [-0.2, -0.15) is 0 Å². The summed E-state index contributed by atoms with van der Waals surface area (Å²) in [5.41, 5.74) is 5.22. The highest BCUT2D eigenvalue weighted by atomic mass is 16.4. The minimum absolute atomic E-state index is 0.0796. The molecule has 1 heterocycles. The lowest BCUT2D eigenvalue weighted by Crippen LogP contribution is -2.61. The molecule has 0 atom stereocenters. The molecule has 1 saturated heterocycles. The fourth-order valence-corrected chi connectivity index (χ4v) is 3.32. The van der Waals surface area contributed by atoms with E-state index in [1.54, 1.807) is 0 Å². The van der Waals surface area contributed by atoms with Crippen molar-refractivity contribution in [1.29, 1.82) is 0 Å². The van der Waals surface area contributed by atoms with Gasteiger partial charge < -0.3 is 21.2 Å². The number of likely N-dealkylation sites (tertiary alicyclic amines) is 1. The van der Waals surface area contributed by atoms with E-state index < -0.39 is 5.54 Å². The molecule has 114 valence electrons. The molecule has 2 fully saturated rings. The van der Waals surface area contributed by atoms with Crippen molar-refractivity contribution in [2.24, 2.45) is 16.8 Å². The van der Waals surface area contributed by atoms with Crippen molar-refractivity contribution in [2.75, 3.05) is 13.1 Å². The quantitative estimate of drug-likeness (QED) is 0.319. The van der Waals surface area contributed by atoms with E-state index in [-0.39, 0.29) is 11.9 Å². The summed E-state index contributed by atoms with van der Waals surface area (Å²) >= 11 is 0. The van der Waals surface area contributed by atoms with Crippen LogP contribution in [0.15, 0.2) is 5.16 Å². The Labute approximate surface area is 120 Å². The highest BCUT2D eigenvalue weighted by Gasteiger charge is 2.41. The maximum atomic E-state index is 12.3. The normalized spacial score (nSPS) is 31.4. The number of hydrogen-bond donors (Lipinski definition) is 3. The summed E-state index contributed by atoms with van der Waals surface area (Å²) in [6.07, 6.45) is 6.78. The van der Waals surface area contributed by atoms with E-state index in [1.165, 1.54) is 0 Å². The molecule has 0 aromatic heterocycles. The first-order chi connectivity index (χ1) is 9.61. The third-order valence-corrected chi connectivity index (χ3v) is 4.87. The molecule has 1 aliphatic carbocycles. The van der Waals surface area contributed by atoms with Crippen LogP contribution in [0.3, 0.4) is 0 Å². The zero-order chi connectivity index (χ0) is 14.6. The van der Waals surface area contributed by atoms with E-state index in [0.717, 1.165) is 58.0 Å². The zero-order valence-electron chi connectivity index (χ0n) is 12.3. The third-order valence-electron chi connectivity index (χ3n) is 4.87. The molecule has 6 heteroatoms. The Hall–Kier alpha value is -1.46. The predicted molar refractivity (Wildman–Crippen MR) is 77.7 cm³/mol. The lowest BCUT2D eigenvalue weighted by atomic mass is 9.75. The Kier molecular flexibility index (Phi) is 4.73. The zero-order valence-corrected chi connectivity index (χ0v) is 12.3. The number of nitrogens with zero attached hydrogens (tertiary/aromatic N) is 2. The van der Waals surface area contributed by atoms with Crippen molar-refractivity contribution in [1.82, 2.24) is 10.2 Å². The van der Waals surface area contributed by atoms with Crippen LogP contribution < -0.4 is 11.1 Å². The molecule has 20 heavy (non-hydrogen) atoms. The van der Waals surface area contributed by atoms with Gasteiger partial charge in [-0.1, -0.05) is 18.5 Å². The van der Waals surface area contributed by atoms with E-state index in [9.17, 15) is 4.79 Å². The number of urea groups is 1. The molecule has 1 saturated carbocycles. The molecule has 0 aromatic rings. The molecule has 0 aromatic carbocycles. The Morgan fingerprint density at radius 1 is 1.40 bits per heavy atom. The average molecular weight is 282 g/mol. The number of rotatable bonds is 3. The number of nitrogens with one attached hydrogen (secondary N) is 1. The summed E-state index contributed by atoms with van der Waals surface area (Å²) in [5.74, 6) is 0.818. The van der Waals surface area contributed by atoms with Gasteiger partial charge in [0.2, 0.25) is 0 Å². The summed E-state index contributed by atoms with van der Waals surface area (Å²) in [7, 11) is 0. The van der Waals surface area contributed by atoms with Crippen molar-refractivity contribution in [3.63, 3.8) is 0 Å². The summed E-state index contributed by atoms with van der Waals surface area (Å²) in [6, 6.07) is -0.0796. The van der Waals surface area contributed by atoms with Crippen molar-refractivity contribution < 1.29 is 10.0 Å². The topological polar surface area (TPSA) is 91.0 Å². The smallest absolute Gasteiger partial charge is 0.318 e. The van der Waals surface area contributed by atoms with Crippen LogP contribution >= 0.6 is 0 Å². The van der Waals surface area contributed by atoms with Crippen LogP contribution in [0.25, 0.3) is 0 Å². The summed E-state index contributed by atoms with van der Waals surface area (Å²) in [6.45, 7) is 3.79. The van der Waals surface area contributed by atoms with Crippen LogP contribution in [0.5, 0.6) is 0 Å². The second-order valence-electron chi connectivity index (χ2n) is 6.04. The SMILES string of the molecule is CCC1CCC(NC(=O)N2CCCC2)(C(N)=NO)CC1. The van der Waals surface area contributed by atoms with E-state index >= 15 is 0 Å². The largest absolute Gasteiger partial charge is 0.409 e. The Morgan fingerprint density at radius 2 is 2.00 bits per heavy atom. The maximum Gasteiger partial charge on any atom is 0.318 e. The highest BCUT2D eigenvalue weighted by molar-refractivity contribution is 5.93. The second-order valence-corrected chi connectivity index (χ2v) is 6.04. The van der Waals surface area contributed by atoms with Gasteiger partial charge >= 0.3 is 6.03 Å². The van der Waals surface area contributed by atoms with Gasteiger partial charge in [-0.15, -0.1) is 0 Å². The molecule has 0 spiro atoms. The maximum absolute atomic E-state index is 12.3. The van der Waals surface area contributed by atoms with Crippen molar-refractivity contribution in [3.05, 3.63) is 0 Å². The Balaban J connectivity index is 2.06. The van der Waals surface area contributed by atoms with E-state index in [2.05, 4.69) is 17.4 Å². The first kappa shape index (κ1) is 14.9. The molecular weight excluding hydrogens is 256 g/mol. The number of amidine groups is 1. The van der Waals surface area contributed by atoms with Crippen LogP contribution in [0, 0.1) is 5.92 Å². The van der Waals surface area contributed by atoms with Crippen molar-refractivity contribution in [2.45, 2.75) is 57.4 Å². The van der Waals surface area contributed by atoms with Crippen molar-refractivity contribution >= 4 is 11.9 Å². The molecule has 2 aliphatic rings. The molecule has 2 rings (SSSR count). The number of nitrogens with two attached hydrogens (primary N) is 1. The molecule has 1 aliphatic heterocycles. The van der Waals surface area contributed by atoms with E-state index in [0.29, 0.717) is 5.92 Å².